The molecule has 0 amide bonds. The first-order valence-electron chi connectivity index (χ1n) is 7.68. The molecule has 0 saturated heterocycles. The molecule has 6 heteroatoms. The van der Waals surface area contributed by atoms with E-state index < -0.39 is 11.8 Å². The summed E-state index contributed by atoms with van der Waals surface area (Å²) in [6, 6.07) is 10.6. The molecule has 128 valence electrons. The molecule has 0 atom stereocenters. The van der Waals surface area contributed by atoms with Gasteiger partial charge in [-0.2, -0.15) is 0 Å². The van der Waals surface area contributed by atoms with Crippen molar-refractivity contribution in [2.75, 3.05) is 5.88 Å². The zero-order chi connectivity index (χ0) is 17.8. The van der Waals surface area contributed by atoms with Crippen molar-refractivity contribution < 1.29 is 23.5 Å². The molecule has 2 aromatic rings. The molecule has 0 unspecified atom stereocenters. The highest BCUT2D eigenvalue weighted by Gasteiger charge is 2.28. The largest absolute Gasteiger partial charge is 0.452 e. The van der Waals surface area contributed by atoms with Crippen LogP contribution in [0.1, 0.15) is 28.8 Å². The van der Waals surface area contributed by atoms with Crippen LogP contribution in [0.25, 0.3) is 6.08 Å². The number of alkyl halides is 1. The number of rotatable bonds is 5. The number of allylic oxidation sites excluding steroid dienone is 1. The number of ether oxygens (including phenoxy) is 2. The lowest BCUT2D eigenvalue weighted by Gasteiger charge is -2.05. The fourth-order valence-electron chi connectivity index (χ4n) is 2.36. The van der Waals surface area contributed by atoms with Gasteiger partial charge >= 0.3 is 5.97 Å². The van der Waals surface area contributed by atoms with Crippen LogP contribution in [0.15, 0.2) is 48.2 Å². The van der Waals surface area contributed by atoms with Crippen molar-refractivity contribution in [1.82, 2.24) is 0 Å². The van der Waals surface area contributed by atoms with E-state index in [1.165, 1.54) is 30.3 Å². The molecule has 1 aliphatic heterocycles. The number of benzene rings is 2. The smallest absolute Gasteiger partial charge is 0.311 e. The molecule has 4 nitrogen and oxygen atoms in total. The summed E-state index contributed by atoms with van der Waals surface area (Å²) in [6.45, 7) is 0. The third kappa shape index (κ3) is 3.88. The number of fused-ring (bicyclic) bond motifs is 1. The normalized spacial score (nSPS) is 14.3. The third-order valence-electron chi connectivity index (χ3n) is 3.58. The molecule has 0 spiro atoms. The fourth-order valence-corrected chi connectivity index (χ4v) is 2.49. The van der Waals surface area contributed by atoms with E-state index in [1.807, 2.05) is 0 Å². The Hall–Kier alpha value is -2.66. The number of halogens is 2. The van der Waals surface area contributed by atoms with E-state index in [2.05, 4.69) is 0 Å². The van der Waals surface area contributed by atoms with Crippen LogP contribution in [0.3, 0.4) is 0 Å². The Balaban J connectivity index is 1.80. The third-order valence-corrected chi connectivity index (χ3v) is 3.85. The molecule has 0 N–H and O–H groups in total. The van der Waals surface area contributed by atoms with E-state index in [-0.39, 0.29) is 35.0 Å². The molecule has 2 aromatic carbocycles. The molecule has 25 heavy (non-hydrogen) atoms. The topological polar surface area (TPSA) is 52.6 Å². The van der Waals surface area contributed by atoms with Gasteiger partial charge in [0.1, 0.15) is 17.3 Å². The maximum Gasteiger partial charge on any atom is 0.311 e. The van der Waals surface area contributed by atoms with Crippen molar-refractivity contribution >= 4 is 29.4 Å². The average Bonchev–Trinajstić information content (AvgIpc) is 2.90. The van der Waals surface area contributed by atoms with E-state index in [4.69, 9.17) is 21.1 Å². The molecule has 0 saturated carbocycles. The number of carbonyl (C=O) groups is 2. The number of hydrogen-bond acceptors (Lipinski definition) is 4. The van der Waals surface area contributed by atoms with E-state index in [0.717, 1.165) is 0 Å². The van der Waals surface area contributed by atoms with Gasteiger partial charge in [0.05, 0.1) is 5.56 Å². The molecule has 1 heterocycles. The number of esters is 1. The predicted octanol–water partition coefficient (Wildman–Crippen LogP) is 4.37. The molecular formula is C19H14ClFO4. The van der Waals surface area contributed by atoms with Gasteiger partial charge in [-0.1, -0.05) is 18.2 Å². The van der Waals surface area contributed by atoms with Crippen LogP contribution in [-0.4, -0.2) is 17.6 Å². The van der Waals surface area contributed by atoms with Gasteiger partial charge in [-0.15, -0.1) is 11.6 Å². The maximum atomic E-state index is 13.7. The Morgan fingerprint density at radius 2 is 2.04 bits per heavy atom. The SMILES string of the molecule is O=C(CCCCl)Oc1ccc2c(c1)O/C(=C\c1ccccc1F)C2=O. The van der Waals surface area contributed by atoms with Crippen LogP contribution < -0.4 is 9.47 Å². The molecule has 0 fully saturated rings. The minimum atomic E-state index is -0.448. The van der Waals surface area contributed by atoms with Crippen LogP contribution in [-0.2, 0) is 4.79 Å². The second-order valence-electron chi connectivity index (χ2n) is 5.39. The minimum absolute atomic E-state index is 0.0192. The summed E-state index contributed by atoms with van der Waals surface area (Å²) in [6.07, 6.45) is 2.08. The second-order valence-corrected chi connectivity index (χ2v) is 5.76. The Bertz CT molecular complexity index is 860. The summed E-state index contributed by atoms with van der Waals surface area (Å²) in [5.41, 5.74) is 0.592. The van der Waals surface area contributed by atoms with Crippen LogP contribution >= 0.6 is 11.6 Å². The Morgan fingerprint density at radius 1 is 1.24 bits per heavy atom. The number of hydrogen-bond donors (Lipinski definition) is 0. The molecule has 0 radical (unpaired) electrons. The molecule has 1 aliphatic rings. The van der Waals surface area contributed by atoms with E-state index >= 15 is 0 Å². The van der Waals surface area contributed by atoms with Crippen LogP contribution in [0, 0.1) is 5.82 Å². The quantitative estimate of drug-likeness (QED) is 0.344. The van der Waals surface area contributed by atoms with Crippen LogP contribution in [0.2, 0.25) is 0 Å². The number of ketones is 1. The van der Waals surface area contributed by atoms with Gasteiger partial charge in [0.25, 0.3) is 0 Å². The standard InChI is InChI=1S/C19H14ClFO4/c20-9-3-6-18(22)24-13-7-8-14-16(11-13)25-17(19(14)23)10-12-4-1-2-5-15(12)21/h1-2,4-5,7-8,10-11H,3,6,9H2/b17-10-. The van der Waals surface area contributed by atoms with Gasteiger partial charge in [0.2, 0.25) is 5.78 Å². The number of carbonyl (C=O) groups excluding carboxylic acids is 2. The van der Waals surface area contributed by atoms with E-state index in [9.17, 15) is 14.0 Å². The molecule has 0 aliphatic carbocycles. The lowest BCUT2D eigenvalue weighted by atomic mass is 10.1. The first-order chi connectivity index (χ1) is 12.1. The average molecular weight is 361 g/mol. The van der Waals surface area contributed by atoms with Gasteiger partial charge < -0.3 is 9.47 Å². The monoisotopic (exact) mass is 360 g/mol. The summed E-state index contributed by atoms with van der Waals surface area (Å²) >= 11 is 5.54. The first-order valence-corrected chi connectivity index (χ1v) is 8.21. The Labute approximate surface area is 148 Å². The summed E-state index contributed by atoms with van der Waals surface area (Å²) in [4.78, 5) is 24.0. The fraction of sp³-hybridized carbons (Fsp3) is 0.158. The predicted molar refractivity (Wildman–Crippen MR) is 91.4 cm³/mol. The van der Waals surface area contributed by atoms with Crippen molar-refractivity contribution in [3.63, 3.8) is 0 Å². The van der Waals surface area contributed by atoms with Gasteiger partial charge in [0.15, 0.2) is 5.76 Å². The highest BCUT2D eigenvalue weighted by molar-refractivity contribution is 6.18. The second kappa shape index (κ2) is 7.49. The van der Waals surface area contributed by atoms with Gasteiger partial charge in [0, 0.05) is 23.9 Å². The summed E-state index contributed by atoms with van der Waals surface area (Å²) < 4.78 is 24.4. The summed E-state index contributed by atoms with van der Waals surface area (Å²) in [7, 11) is 0. The molecular weight excluding hydrogens is 347 g/mol. The van der Waals surface area contributed by atoms with Crippen molar-refractivity contribution in [3.8, 4) is 11.5 Å². The zero-order valence-corrected chi connectivity index (χ0v) is 13.9. The molecule has 0 bridgehead atoms. The van der Waals surface area contributed by atoms with Crippen LogP contribution in [0.5, 0.6) is 11.5 Å². The lowest BCUT2D eigenvalue weighted by Crippen LogP contribution is -2.07. The van der Waals surface area contributed by atoms with Crippen LogP contribution in [0.4, 0.5) is 4.39 Å². The zero-order valence-electron chi connectivity index (χ0n) is 13.1. The highest BCUT2D eigenvalue weighted by Crippen LogP contribution is 2.35. The molecule has 3 rings (SSSR count). The van der Waals surface area contributed by atoms with Gasteiger partial charge in [-0.25, -0.2) is 4.39 Å². The first kappa shape index (κ1) is 17.2. The van der Waals surface area contributed by atoms with Crippen molar-refractivity contribution in [3.05, 3.63) is 65.2 Å². The van der Waals surface area contributed by atoms with Crippen molar-refractivity contribution in [1.29, 1.82) is 0 Å². The van der Waals surface area contributed by atoms with Crippen molar-refractivity contribution in [2.45, 2.75) is 12.8 Å². The summed E-state index contributed by atoms with van der Waals surface area (Å²) in [5, 5.41) is 0. The lowest BCUT2D eigenvalue weighted by molar-refractivity contribution is -0.134. The van der Waals surface area contributed by atoms with Crippen molar-refractivity contribution in [2.24, 2.45) is 0 Å². The Kier molecular flexibility index (Phi) is 5.14. The summed E-state index contributed by atoms with van der Waals surface area (Å²) in [5.74, 6) is -0.262. The minimum Gasteiger partial charge on any atom is -0.452 e. The van der Waals surface area contributed by atoms with E-state index in [1.54, 1.807) is 18.2 Å². The highest BCUT2D eigenvalue weighted by atomic mass is 35.5. The number of Topliss-reactive ketones (excluding diaryl/α,β-unsaturated/α-hetero) is 1. The maximum absolute atomic E-state index is 13.7. The van der Waals surface area contributed by atoms with Gasteiger partial charge in [-0.3, -0.25) is 9.59 Å². The Morgan fingerprint density at radius 3 is 2.80 bits per heavy atom. The van der Waals surface area contributed by atoms with Gasteiger partial charge in [-0.05, 0) is 30.7 Å². The van der Waals surface area contributed by atoms with E-state index in [0.29, 0.717) is 17.9 Å². The molecule has 0 aromatic heterocycles.